The molecule has 6 nitrogen and oxygen atoms in total. The van der Waals surface area contributed by atoms with Gasteiger partial charge in [-0.25, -0.2) is 4.68 Å². The molecule has 0 atom stereocenters. The first kappa shape index (κ1) is 20.1. The van der Waals surface area contributed by atoms with Crippen LogP contribution < -0.4 is 5.32 Å². The van der Waals surface area contributed by atoms with Gasteiger partial charge in [-0.1, -0.05) is 38.5 Å². The first-order valence-electron chi connectivity index (χ1n) is 10.1. The first-order valence-corrected chi connectivity index (χ1v) is 10.1. The Balaban J connectivity index is 1.67. The minimum Gasteiger partial charge on any atom is -0.349 e. The fourth-order valence-corrected chi connectivity index (χ4v) is 3.68. The molecule has 1 fully saturated rings. The van der Waals surface area contributed by atoms with E-state index in [0.29, 0.717) is 18.7 Å². The number of aryl methyl sites for hydroxylation is 1. The number of rotatable bonds is 5. The molecule has 28 heavy (non-hydrogen) atoms. The predicted octanol–water partition coefficient (Wildman–Crippen LogP) is 3.12. The van der Waals surface area contributed by atoms with Gasteiger partial charge in [-0.15, -0.1) is 0 Å². The molecule has 0 saturated carbocycles. The molecular weight excluding hydrogens is 352 g/mol. The molecule has 1 aromatic carbocycles. The van der Waals surface area contributed by atoms with Crippen LogP contribution in [0.15, 0.2) is 30.5 Å². The molecule has 2 heterocycles. The summed E-state index contributed by atoms with van der Waals surface area (Å²) in [4.78, 5) is 26.9. The van der Waals surface area contributed by atoms with Gasteiger partial charge in [-0.3, -0.25) is 9.59 Å². The number of likely N-dealkylation sites (tertiary alicyclic amines) is 1. The van der Waals surface area contributed by atoms with Gasteiger partial charge in [-0.2, -0.15) is 5.10 Å². The molecule has 1 aliphatic rings. The van der Waals surface area contributed by atoms with E-state index in [1.165, 1.54) is 5.56 Å². The third kappa shape index (κ3) is 4.26. The number of carbonyl (C=O) groups excluding carboxylic acids is 2. The number of nitrogens with one attached hydrogen (secondary N) is 1. The van der Waals surface area contributed by atoms with Gasteiger partial charge in [0, 0.05) is 25.0 Å². The molecule has 6 heteroatoms. The quantitative estimate of drug-likeness (QED) is 0.864. The van der Waals surface area contributed by atoms with E-state index in [4.69, 9.17) is 0 Å². The normalized spacial score (nSPS) is 15.1. The standard InChI is InChI=1S/C22H30N4O2/c1-5-20-19(14-23-26(20)18-8-6-16(4)7-9-18)21(27)24-17-10-12-25(13-11-17)22(28)15(2)3/h6-9,14-15,17H,5,10-13H2,1-4H3,(H,24,27). The van der Waals surface area contributed by atoms with Gasteiger partial charge in [0.1, 0.15) is 0 Å². The highest BCUT2D eigenvalue weighted by molar-refractivity contribution is 5.95. The van der Waals surface area contributed by atoms with Gasteiger partial charge in [-0.05, 0) is 38.3 Å². The molecule has 0 bridgehead atoms. The lowest BCUT2D eigenvalue weighted by Crippen LogP contribution is -2.47. The monoisotopic (exact) mass is 382 g/mol. The second-order valence-corrected chi connectivity index (χ2v) is 7.83. The van der Waals surface area contributed by atoms with Crippen LogP contribution in [0.5, 0.6) is 0 Å². The molecular formula is C22H30N4O2. The highest BCUT2D eigenvalue weighted by atomic mass is 16.2. The lowest BCUT2D eigenvalue weighted by atomic mass is 10.0. The van der Waals surface area contributed by atoms with Crippen molar-refractivity contribution in [1.82, 2.24) is 20.0 Å². The number of piperidine rings is 1. The summed E-state index contributed by atoms with van der Waals surface area (Å²) in [6.45, 7) is 9.33. The Hall–Kier alpha value is -2.63. The summed E-state index contributed by atoms with van der Waals surface area (Å²) in [5.41, 5.74) is 3.69. The lowest BCUT2D eigenvalue weighted by molar-refractivity contribution is -0.135. The van der Waals surface area contributed by atoms with Crippen LogP contribution in [0.4, 0.5) is 0 Å². The molecule has 1 aliphatic heterocycles. The molecule has 0 radical (unpaired) electrons. The number of carbonyl (C=O) groups is 2. The molecule has 1 saturated heterocycles. The molecule has 1 aromatic heterocycles. The van der Waals surface area contributed by atoms with Gasteiger partial charge in [0.05, 0.1) is 23.1 Å². The number of nitrogens with zero attached hydrogens (tertiary/aromatic N) is 3. The van der Waals surface area contributed by atoms with Crippen molar-refractivity contribution in [2.45, 2.75) is 53.0 Å². The third-order valence-electron chi connectivity index (χ3n) is 5.36. The van der Waals surface area contributed by atoms with Crippen molar-refractivity contribution >= 4 is 11.8 Å². The molecule has 0 unspecified atom stereocenters. The van der Waals surface area contributed by atoms with E-state index < -0.39 is 0 Å². The van der Waals surface area contributed by atoms with Gasteiger partial charge < -0.3 is 10.2 Å². The van der Waals surface area contributed by atoms with Crippen LogP contribution in [0, 0.1) is 12.8 Å². The van der Waals surface area contributed by atoms with E-state index in [0.717, 1.165) is 30.6 Å². The van der Waals surface area contributed by atoms with Crippen LogP contribution in [0.2, 0.25) is 0 Å². The zero-order valence-corrected chi connectivity index (χ0v) is 17.2. The van der Waals surface area contributed by atoms with Crippen LogP contribution in [0.25, 0.3) is 5.69 Å². The summed E-state index contributed by atoms with van der Waals surface area (Å²) in [6, 6.07) is 8.22. The van der Waals surface area contributed by atoms with Crippen LogP contribution in [0.1, 0.15) is 55.2 Å². The van der Waals surface area contributed by atoms with E-state index in [1.807, 2.05) is 61.5 Å². The average Bonchev–Trinajstić information content (AvgIpc) is 3.12. The summed E-state index contributed by atoms with van der Waals surface area (Å²) < 4.78 is 1.85. The number of aromatic nitrogens is 2. The summed E-state index contributed by atoms with van der Waals surface area (Å²) in [7, 11) is 0. The average molecular weight is 383 g/mol. The molecule has 150 valence electrons. The van der Waals surface area contributed by atoms with Gasteiger partial charge >= 0.3 is 0 Å². The van der Waals surface area contributed by atoms with E-state index in [1.54, 1.807) is 6.20 Å². The lowest BCUT2D eigenvalue weighted by Gasteiger charge is -2.33. The number of hydrogen-bond acceptors (Lipinski definition) is 3. The van der Waals surface area contributed by atoms with Crippen molar-refractivity contribution < 1.29 is 9.59 Å². The van der Waals surface area contributed by atoms with E-state index in [9.17, 15) is 9.59 Å². The fourth-order valence-electron chi connectivity index (χ4n) is 3.68. The zero-order valence-electron chi connectivity index (χ0n) is 17.2. The van der Waals surface area contributed by atoms with E-state index in [2.05, 4.69) is 10.4 Å². The maximum atomic E-state index is 12.9. The van der Waals surface area contributed by atoms with E-state index >= 15 is 0 Å². The van der Waals surface area contributed by atoms with E-state index in [-0.39, 0.29) is 23.8 Å². The van der Waals surface area contributed by atoms with Crippen molar-refractivity contribution in [2.75, 3.05) is 13.1 Å². The second kappa shape index (κ2) is 8.59. The first-order chi connectivity index (χ1) is 13.4. The Morgan fingerprint density at radius 2 is 1.82 bits per heavy atom. The minimum atomic E-state index is -0.0798. The highest BCUT2D eigenvalue weighted by Gasteiger charge is 2.26. The third-order valence-corrected chi connectivity index (χ3v) is 5.36. The summed E-state index contributed by atoms with van der Waals surface area (Å²) in [5.74, 6) is 0.132. The molecule has 1 N–H and O–H groups in total. The zero-order chi connectivity index (χ0) is 20.3. The number of hydrogen-bond donors (Lipinski definition) is 1. The van der Waals surface area contributed by atoms with Crippen LogP contribution in [0.3, 0.4) is 0 Å². The minimum absolute atomic E-state index is 0.0193. The molecule has 0 aliphatic carbocycles. The molecule has 2 aromatic rings. The Morgan fingerprint density at radius 1 is 1.18 bits per heavy atom. The second-order valence-electron chi connectivity index (χ2n) is 7.83. The van der Waals surface area contributed by atoms with Crippen LogP contribution in [-0.4, -0.2) is 45.6 Å². The predicted molar refractivity (Wildman–Crippen MR) is 110 cm³/mol. The van der Waals surface area contributed by atoms with Gasteiger partial charge in [0.25, 0.3) is 5.91 Å². The Labute approximate surface area is 166 Å². The number of benzene rings is 1. The molecule has 2 amide bonds. The number of amides is 2. The SMILES string of the molecule is CCc1c(C(=O)NC2CCN(C(=O)C(C)C)CC2)cnn1-c1ccc(C)cc1. The molecule has 0 spiro atoms. The summed E-state index contributed by atoms with van der Waals surface area (Å²) >= 11 is 0. The van der Waals surface area contributed by atoms with Crippen LogP contribution in [-0.2, 0) is 11.2 Å². The topological polar surface area (TPSA) is 67.2 Å². The Bertz CT molecular complexity index is 831. The van der Waals surface area contributed by atoms with Gasteiger partial charge in [0.2, 0.25) is 5.91 Å². The summed E-state index contributed by atoms with van der Waals surface area (Å²) in [5, 5.41) is 7.60. The maximum absolute atomic E-state index is 12.9. The van der Waals surface area contributed by atoms with Gasteiger partial charge in [0.15, 0.2) is 0 Å². The van der Waals surface area contributed by atoms with Crippen molar-refractivity contribution in [3.63, 3.8) is 0 Å². The van der Waals surface area contributed by atoms with Crippen LogP contribution >= 0.6 is 0 Å². The fraction of sp³-hybridized carbons (Fsp3) is 0.500. The maximum Gasteiger partial charge on any atom is 0.254 e. The van der Waals surface area contributed by atoms with Crippen molar-refractivity contribution in [1.29, 1.82) is 0 Å². The largest absolute Gasteiger partial charge is 0.349 e. The van der Waals surface area contributed by atoms with Crippen molar-refractivity contribution in [3.05, 3.63) is 47.3 Å². The Kier molecular flexibility index (Phi) is 6.17. The highest BCUT2D eigenvalue weighted by Crippen LogP contribution is 2.18. The molecule has 3 rings (SSSR count). The Morgan fingerprint density at radius 3 is 2.39 bits per heavy atom. The van der Waals surface area contributed by atoms with Crippen molar-refractivity contribution in [3.8, 4) is 5.69 Å². The smallest absolute Gasteiger partial charge is 0.254 e. The van der Waals surface area contributed by atoms with Crippen molar-refractivity contribution in [2.24, 2.45) is 5.92 Å². The summed E-state index contributed by atoms with van der Waals surface area (Å²) in [6.07, 6.45) is 3.96.